The minimum atomic E-state index is 0.428. The molecule has 3 nitrogen and oxygen atoms in total. The van der Waals surface area contributed by atoms with E-state index >= 15 is 0 Å². The van der Waals surface area contributed by atoms with Gasteiger partial charge >= 0.3 is 0 Å². The second-order valence-corrected chi connectivity index (χ2v) is 7.22. The van der Waals surface area contributed by atoms with E-state index in [4.69, 9.17) is 4.18 Å². The van der Waals surface area contributed by atoms with Crippen LogP contribution in [0.1, 0.15) is 39.5 Å². The van der Waals surface area contributed by atoms with Crippen LogP contribution in [0.2, 0.25) is 0 Å². The number of rotatable bonds is 6. The third-order valence-electron chi connectivity index (χ3n) is 4.80. The average Bonchev–Trinajstić information content (AvgIpc) is 2.33. The fourth-order valence-electron chi connectivity index (χ4n) is 3.25. The van der Waals surface area contributed by atoms with Crippen molar-refractivity contribution >= 4 is 22.7 Å². The normalized spacial score (nSPS) is 30.0. The van der Waals surface area contributed by atoms with E-state index < -0.39 is 0 Å². The second kappa shape index (κ2) is 7.55. The smallest absolute Gasteiger partial charge is 0.0762 e. The van der Waals surface area contributed by atoms with Crippen molar-refractivity contribution in [1.29, 1.82) is 0 Å². The summed E-state index contributed by atoms with van der Waals surface area (Å²) in [6.45, 7) is 8.43. The number of thiol groups is 1. The molecule has 0 unspecified atom stereocenters. The van der Waals surface area contributed by atoms with E-state index in [1.165, 1.54) is 56.4 Å². The van der Waals surface area contributed by atoms with Gasteiger partial charge in [-0.05, 0) is 65.6 Å². The molecule has 0 aromatic heterocycles. The number of piperidine rings is 1. The van der Waals surface area contributed by atoms with Crippen molar-refractivity contribution in [3.63, 3.8) is 0 Å². The average molecular weight is 305 g/mol. The zero-order valence-corrected chi connectivity index (χ0v) is 14.1. The summed E-state index contributed by atoms with van der Waals surface area (Å²) in [7, 11) is 2.28. The lowest BCUT2D eigenvalue weighted by Gasteiger charge is -2.43. The van der Waals surface area contributed by atoms with Gasteiger partial charge in [-0.15, -0.1) is 0 Å². The van der Waals surface area contributed by atoms with Gasteiger partial charge in [0, 0.05) is 18.6 Å². The Hall–Kier alpha value is 0.580. The van der Waals surface area contributed by atoms with Gasteiger partial charge in [-0.2, -0.15) is 0 Å². The lowest BCUT2D eigenvalue weighted by atomic mass is 9.87. The van der Waals surface area contributed by atoms with Gasteiger partial charge in [-0.3, -0.25) is 0 Å². The first-order valence-electron chi connectivity index (χ1n) is 7.51. The Morgan fingerprint density at radius 1 is 1.32 bits per heavy atom. The predicted molar refractivity (Wildman–Crippen MR) is 86.5 cm³/mol. The lowest BCUT2D eigenvalue weighted by molar-refractivity contribution is 0.0278. The number of hydrogen-bond acceptors (Lipinski definition) is 5. The Bertz CT molecular complexity index is 264. The van der Waals surface area contributed by atoms with Gasteiger partial charge in [0.15, 0.2) is 0 Å². The molecule has 0 bridgehead atoms. The second-order valence-electron chi connectivity index (χ2n) is 6.43. The van der Waals surface area contributed by atoms with Gasteiger partial charge in [0.05, 0.1) is 17.2 Å². The summed E-state index contributed by atoms with van der Waals surface area (Å²) >= 11 is 5.24. The summed E-state index contributed by atoms with van der Waals surface area (Å²) in [6.07, 6.45) is 5.50. The SMILES string of the molecule is CC(C)N1CCC(CN(C)[C@H]2C[C@H](OSS)C2)CC1. The minimum absolute atomic E-state index is 0.428. The van der Waals surface area contributed by atoms with Gasteiger partial charge in [-0.1, -0.05) is 11.7 Å². The molecule has 19 heavy (non-hydrogen) atoms. The molecule has 1 aliphatic heterocycles. The van der Waals surface area contributed by atoms with Gasteiger partial charge in [0.25, 0.3) is 0 Å². The Balaban J connectivity index is 1.63. The van der Waals surface area contributed by atoms with Crippen LogP contribution in [0.25, 0.3) is 0 Å². The molecule has 5 heteroatoms. The minimum Gasteiger partial charge on any atom is -0.303 e. The predicted octanol–water partition coefficient (Wildman–Crippen LogP) is 3.08. The van der Waals surface area contributed by atoms with Crippen LogP contribution >= 0.6 is 22.7 Å². The van der Waals surface area contributed by atoms with E-state index in [2.05, 4.69) is 42.4 Å². The first kappa shape index (κ1) is 16.0. The van der Waals surface area contributed by atoms with E-state index in [0.717, 1.165) is 12.0 Å². The van der Waals surface area contributed by atoms with Crippen molar-refractivity contribution in [2.75, 3.05) is 26.7 Å². The van der Waals surface area contributed by atoms with E-state index in [9.17, 15) is 0 Å². The molecule has 1 aliphatic carbocycles. The van der Waals surface area contributed by atoms with E-state index in [-0.39, 0.29) is 0 Å². The molecule has 0 N–H and O–H groups in total. The van der Waals surface area contributed by atoms with Crippen LogP contribution in [-0.4, -0.2) is 54.7 Å². The number of nitrogens with zero attached hydrogens (tertiary/aromatic N) is 2. The summed E-state index contributed by atoms with van der Waals surface area (Å²) < 4.78 is 5.44. The molecule has 2 fully saturated rings. The molecule has 1 heterocycles. The van der Waals surface area contributed by atoms with E-state index in [1.54, 1.807) is 0 Å². The first-order chi connectivity index (χ1) is 9.10. The molecule has 2 rings (SSSR count). The fraction of sp³-hybridized carbons (Fsp3) is 1.00. The van der Waals surface area contributed by atoms with Crippen LogP contribution in [0.5, 0.6) is 0 Å². The molecule has 0 aromatic rings. The van der Waals surface area contributed by atoms with Crippen molar-refractivity contribution in [3.05, 3.63) is 0 Å². The van der Waals surface area contributed by atoms with Crippen molar-refractivity contribution in [2.24, 2.45) is 5.92 Å². The summed E-state index contributed by atoms with van der Waals surface area (Å²) in [6, 6.07) is 1.44. The highest BCUT2D eigenvalue weighted by Crippen LogP contribution is 2.32. The standard InChI is InChI=1S/C14H28N2OS2/c1-11(2)16-6-4-12(5-7-16)10-15(3)13-8-14(9-13)17-19-18/h11-14,18H,4-10H2,1-3H3/t13-,14-. The largest absolute Gasteiger partial charge is 0.303 e. The Morgan fingerprint density at radius 3 is 2.47 bits per heavy atom. The van der Waals surface area contributed by atoms with Gasteiger partial charge in [0.2, 0.25) is 0 Å². The van der Waals surface area contributed by atoms with Gasteiger partial charge in [-0.25, -0.2) is 0 Å². The maximum absolute atomic E-state index is 5.44. The quantitative estimate of drug-likeness (QED) is 0.461. The molecule has 112 valence electrons. The topological polar surface area (TPSA) is 15.7 Å². The summed E-state index contributed by atoms with van der Waals surface area (Å²) in [5, 5.41) is 0. The van der Waals surface area contributed by atoms with Crippen molar-refractivity contribution < 1.29 is 4.18 Å². The highest BCUT2D eigenvalue weighted by molar-refractivity contribution is 8.66. The molecular formula is C14H28N2OS2. The lowest BCUT2D eigenvalue weighted by Crippen LogP contribution is -2.48. The molecule has 0 spiro atoms. The summed E-state index contributed by atoms with van der Waals surface area (Å²) in [5.41, 5.74) is 0. The van der Waals surface area contributed by atoms with Gasteiger partial charge in [0.1, 0.15) is 0 Å². The molecule has 0 atom stereocenters. The molecular weight excluding hydrogens is 276 g/mol. The first-order valence-corrected chi connectivity index (χ1v) is 9.30. The number of hydrogen-bond donors (Lipinski definition) is 1. The Morgan fingerprint density at radius 2 is 1.95 bits per heavy atom. The van der Waals surface area contributed by atoms with Crippen LogP contribution in [-0.2, 0) is 4.18 Å². The maximum atomic E-state index is 5.44. The van der Waals surface area contributed by atoms with Crippen LogP contribution in [0, 0.1) is 5.92 Å². The third-order valence-corrected chi connectivity index (χ3v) is 5.41. The third kappa shape index (κ3) is 4.53. The Kier molecular flexibility index (Phi) is 6.34. The highest BCUT2D eigenvalue weighted by Gasteiger charge is 2.34. The summed E-state index contributed by atoms with van der Waals surface area (Å²) in [4.78, 5) is 5.16. The number of likely N-dealkylation sites (tertiary alicyclic amines) is 1. The molecule has 0 radical (unpaired) electrons. The fourth-order valence-corrected chi connectivity index (χ4v) is 3.89. The molecule has 1 saturated heterocycles. The molecule has 0 aromatic carbocycles. The molecule has 2 aliphatic rings. The zero-order chi connectivity index (χ0) is 13.8. The van der Waals surface area contributed by atoms with Gasteiger partial charge < -0.3 is 14.0 Å². The summed E-state index contributed by atoms with van der Waals surface area (Å²) in [5.74, 6) is 0.888. The van der Waals surface area contributed by atoms with E-state index in [0.29, 0.717) is 12.1 Å². The van der Waals surface area contributed by atoms with Crippen LogP contribution in [0.15, 0.2) is 0 Å². The van der Waals surface area contributed by atoms with Crippen LogP contribution in [0.4, 0.5) is 0 Å². The molecule has 1 saturated carbocycles. The van der Waals surface area contributed by atoms with Crippen molar-refractivity contribution in [1.82, 2.24) is 9.80 Å². The monoisotopic (exact) mass is 304 g/mol. The zero-order valence-electron chi connectivity index (χ0n) is 12.4. The highest BCUT2D eigenvalue weighted by atomic mass is 33.1. The maximum Gasteiger partial charge on any atom is 0.0762 e. The van der Waals surface area contributed by atoms with E-state index in [1.807, 2.05) is 0 Å². The van der Waals surface area contributed by atoms with Crippen molar-refractivity contribution in [3.8, 4) is 0 Å². The van der Waals surface area contributed by atoms with Crippen molar-refractivity contribution in [2.45, 2.75) is 57.7 Å². The van der Waals surface area contributed by atoms with Crippen LogP contribution < -0.4 is 0 Å². The Labute approximate surface area is 127 Å². The molecule has 0 amide bonds. The van der Waals surface area contributed by atoms with Crippen LogP contribution in [0.3, 0.4) is 0 Å².